The standard InChI is InChI=1S/C11H12ClN5/c1-7-3-8(12)4-9-10(7)16-17(15-9)6-11(2,14)5-13/h3-4H,6,14H2,1-2H3. The van der Waals surface area contributed by atoms with Gasteiger partial charge in [0.2, 0.25) is 0 Å². The maximum Gasteiger partial charge on any atom is 0.122 e. The summed E-state index contributed by atoms with van der Waals surface area (Å²) in [5.74, 6) is 0. The van der Waals surface area contributed by atoms with Crippen LogP contribution < -0.4 is 5.73 Å². The van der Waals surface area contributed by atoms with E-state index in [9.17, 15) is 0 Å². The molecular formula is C11H12ClN5. The first-order valence-corrected chi connectivity index (χ1v) is 5.50. The topological polar surface area (TPSA) is 80.5 Å². The van der Waals surface area contributed by atoms with Gasteiger partial charge in [0.25, 0.3) is 0 Å². The van der Waals surface area contributed by atoms with E-state index in [-0.39, 0.29) is 6.54 Å². The smallest absolute Gasteiger partial charge is 0.122 e. The lowest BCUT2D eigenvalue weighted by molar-refractivity contribution is 0.423. The molecule has 0 radical (unpaired) electrons. The Morgan fingerprint density at radius 1 is 1.53 bits per heavy atom. The largest absolute Gasteiger partial charge is 0.312 e. The molecule has 0 aliphatic carbocycles. The third-order valence-corrected chi connectivity index (χ3v) is 2.63. The molecule has 0 aliphatic rings. The second kappa shape index (κ2) is 3.99. The number of benzene rings is 1. The maximum atomic E-state index is 8.86. The molecule has 0 aliphatic heterocycles. The van der Waals surface area contributed by atoms with Crippen molar-refractivity contribution < 1.29 is 0 Å². The summed E-state index contributed by atoms with van der Waals surface area (Å²) in [7, 11) is 0. The minimum Gasteiger partial charge on any atom is -0.312 e. The summed E-state index contributed by atoms with van der Waals surface area (Å²) in [5, 5.41) is 18.0. The van der Waals surface area contributed by atoms with Crippen molar-refractivity contribution in [1.82, 2.24) is 15.0 Å². The van der Waals surface area contributed by atoms with Crippen LogP contribution in [0.3, 0.4) is 0 Å². The van der Waals surface area contributed by atoms with Crippen LogP contribution in [-0.2, 0) is 6.54 Å². The van der Waals surface area contributed by atoms with Crippen LogP contribution in [-0.4, -0.2) is 20.5 Å². The first-order valence-electron chi connectivity index (χ1n) is 5.12. The van der Waals surface area contributed by atoms with Crippen LogP contribution in [0.5, 0.6) is 0 Å². The van der Waals surface area contributed by atoms with E-state index in [2.05, 4.69) is 10.2 Å². The van der Waals surface area contributed by atoms with E-state index in [1.165, 1.54) is 4.80 Å². The predicted octanol–water partition coefficient (Wildman–Crippen LogP) is 1.63. The Balaban J connectivity index is 2.46. The number of fused-ring (bicyclic) bond motifs is 1. The lowest BCUT2D eigenvalue weighted by Crippen LogP contribution is -2.39. The summed E-state index contributed by atoms with van der Waals surface area (Å²) in [6, 6.07) is 5.58. The molecule has 5 nitrogen and oxygen atoms in total. The van der Waals surface area contributed by atoms with Crippen molar-refractivity contribution in [2.75, 3.05) is 0 Å². The number of halogens is 1. The van der Waals surface area contributed by atoms with E-state index in [4.69, 9.17) is 22.6 Å². The number of nitrogens with two attached hydrogens (primary N) is 1. The summed E-state index contributed by atoms with van der Waals surface area (Å²) in [5.41, 5.74) is 7.22. The van der Waals surface area contributed by atoms with Crippen LogP contribution in [0, 0.1) is 18.3 Å². The minimum atomic E-state index is -0.979. The van der Waals surface area contributed by atoms with Crippen molar-refractivity contribution in [3.8, 4) is 6.07 Å². The molecule has 2 rings (SSSR count). The van der Waals surface area contributed by atoms with Gasteiger partial charge in [0, 0.05) is 5.02 Å². The molecule has 0 saturated carbocycles. The highest BCUT2D eigenvalue weighted by atomic mass is 35.5. The van der Waals surface area contributed by atoms with E-state index in [0.717, 1.165) is 11.1 Å². The molecule has 2 N–H and O–H groups in total. The van der Waals surface area contributed by atoms with Crippen LogP contribution >= 0.6 is 11.6 Å². The van der Waals surface area contributed by atoms with Gasteiger partial charge in [-0.2, -0.15) is 20.3 Å². The lowest BCUT2D eigenvalue weighted by atomic mass is 10.1. The highest BCUT2D eigenvalue weighted by molar-refractivity contribution is 6.31. The minimum absolute atomic E-state index is 0.245. The van der Waals surface area contributed by atoms with Crippen molar-refractivity contribution in [3.63, 3.8) is 0 Å². The third kappa shape index (κ3) is 2.38. The number of hydrogen-bond donors (Lipinski definition) is 1. The van der Waals surface area contributed by atoms with Crippen LogP contribution in [0.1, 0.15) is 12.5 Å². The van der Waals surface area contributed by atoms with Gasteiger partial charge in [0.1, 0.15) is 16.6 Å². The van der Waals surface area contributed by atoms with Crippen molar-refractivity contribution in [3.05, 3.63) is 22.7 Å². The maximum absolute atomic E-state index is 8.86. The molecule has 0 fully saturated rings. The fourth-order valence-corrected chi connectivity index (χ4v) is 1.85. The highest BCUT2D eigenvalue weighted by Crippen LogP contribution is 2.20. The highest BCUT2D eigenvalue weighted by Gasteiger charge is 2.20. The number of nitrogens with zero attached hydrogens (tertiary/aromatic N) is 4. The van der Waals surface area contributed by atoms with E-state index >= 15 is 0 Å². The molecule has 1 atom stereocenters. The summed E-state index contributed by atoms with van der Waals surface area (Å²) in [6.45, 7) is 3.80. The molecule has 1 heterocycles. The first kappa shape index (κ1) is 11.8. The van der Waals surface area contributed by atoms with Gasteiger partial charge < -0.3 is 5.73 Å². The molecule has 1 unspecified atom stereocenters. The number of hydrogen-bond acceptors (Lipinski definition) is 4. The Kier molecular flexibility index (Phi) is 2.77. The van der Waals surface area contributed by atoms with Gasteiger partial charge in [0.05, 0.1) is 12.6 Å². The van der Waals surface area contributed by atoms with Crippen molar-refractivity contribution in [2.24, 2.45) is 5.73 Å². The van der Waals surface area contributed by atoms with Crippen molar-refractivity contribution in [2.45, 2.75) is 25.9 Å². The van der Waals surface area contributed by atoms with Crippen LogP contribution in [0.15, 0.2) is 12.1 Å². The molecule has 0 spiro atoms. The number of aromatic nitrogens is 3. The summed E-state index contributed by atoms with van der Waals surface area (Å²) >= 11 is 5.94. The van der Waals surface area contributed by atoms with Crippen molar-refractivity contribution in [1.29, 1.82) is 5.26 Å². The van der Waals surface area contributed by atoms with Gasteiger partial charge >= 0.3 is 0 Å². The second-order valence-electron chi connectivity index (χ2n) is 4.35. The number of rotatable bonds is 2. The van der Waals surface area contributed by atoms with E-state index in [1.54, 1.807) is 13.0 Å². The molecule has 0 bridgehead atoms. The van der Waals surface area contributed by atoms with E-state index < -0.39 is 5.54 Å². The fraction of sp³-hybridized carbons (Fsp3) is 0.364. The lowest BCUT2D eigenvalue weighted by Gasteiger charge is -2.13. The third-order valence-electron chi connectivity index (χ3n) is 2.41. The molecular weight excluding hydrogens is 238 g/mol. The zero-order valence-corrected chi connectivity index (χ0v) is 10.4. The van der Waals surface area contributed by atoms with Crippen LogP contribution in [0.4, 0.5) is 0 Å². The average molecular weight is 250 g/mol. The molecule has 1 aromatic carbocycles. The van der Waals surface area contributed by atoms with Gasteiger partial charge in [-0.05, 0) is 31.5 Å². The van der Waals surface area contributed by atoms with Crippen molar-refractivity contribution >= 4 is 22.6 Å². The zero-order chi connectivity index (χ0) is 12.6. The van der Waals surface area contributed by atoms with Gasteiger partial charge in [-0.1, -0.05) is 11.6 Å². The number of aryl methyl sites for hydroxylation is 1. The molecule has 1 aromatic heterocycles. The zero-order valence-electron chi connectivity index (χ0n) is 9.61. The molecule has 2 aromatic rings. The Labute approximate surface area is 104 Å². The van der Waals surface area contributed by atoms with Gasteiger partial charge in [-0.3, -0.25) is 0 Å². The number of nitriles is 1. The predicted molar refractivity (Wildman–Crippen MR) is 65.5 cm³/mol. The molecule has 88 valence electrons. The molecule has 0 amide bonds. The summed E-state index contributed by atoms with van der Waals surface area (Å²) in [6.07, 6.45) is 0. The van der Waals surface area contributed by atoms with Gasteiger partial charge in [0.15, 0.2) is 0 Å². The molecule has 6 heteroatoms. The summed E-state index contributed by atoms with van der Waals surface area (Å²) in [4.78, 5) is 1.44. The van der Waals surface area contributed by atoms with Crippen LogP contribution in [0.25, 0.3) is 11.0 Å². The van der Waals surface area contributed by atoms with Crippen LogP contribution in [0.2, 0.25) is 5.02 Å². The van der Waals surface area contributed by atoms with Gasteiger partial charge in [-0.25, -0.2) is 0 Å². The average Bonchev–Trinajstić information content (AvgIpc) is 2.59. The molecule has 17 heavy (non-hydrogen) atoms. The molecule has 0 saturated heterocycles. The Morgan fingerprint density at radius 2 is 2.24 bits per heavy atom. The fourth-order valence-electron chi connectivity index (χ4n) is 1.59. The summed E-state index contributed by atoms with van der Waals surface area (Å²) < 4.78 is 0. The van der Waals surface area contributed by atoms with E-state index in [0.29, 0.717) is 10.5 Å². The Bertz CT molecular complexity index is 608. The normalized spacial score (nSPS) is 14.5. The SMILES string of the molecule is Cc1cc(Cl)cc2nn(CC(C)(N)C#N)nc12. The first-order chi connectivity index (χ1) is 7.91. The Hall–Kier alpha value is -1.64. The monoisotopic (exact) mass is 249 g/mol. The second-order valence-corrected chi connectivity index (χ2v) is 4.79. The Morgan fingerprint density at radius 3 is 2.88 bits per heavy atom. The van der Waals surface area contributed by atoms with E-state index in [1.807, 2.05) is 19.1 Å². The quantitative estimate of drug-likeness (QED) is 0.877. The van der Waals surface area contributed by atoms with Gasteiger partial charge in [-0.15, -0.1) is 0 Å².